The predicted octanol–water partition coefficient (Wildman–Crippen LogP) is 4.34. The average molecular weight is 329 g/mol. The second-order valence-corrected chi connectivity index (χ2v) is 6.30. The SMILES string of the molecule is Cc1ccc(C(C)C)c(OC(C)C(=O)NCc2ccc(F)cc2)c1. The van der Waals surface area contributed by atoms with Crippen LogP contribution in [0.2, 0.25) is 0 Å². The number of benzene rings is 2. The van der Waals surface area contributed by atoms with Crippen molar-refractivity contribution in [1.82, 2.24) is 5.32 Å². The zero-order chi connectivity index (χ0) is 17.7. The van der Waals surface area contributed by atoms with E-state index >= 15 is 0 Å². The van der Waals surface area contributed by atoms with E-state index in [1.165, 1.54) is 12.1 Å². The molecule has 0 heterocycles. The molecule has 4 heteroatoms. The van der Waals surface area contributed by atoms with Crippen LogP contribution in [0.25, 0.3) is 0 Å². The van der Waals surface area contributed by atoms with Crippen molar-refractivity contribution in [2.75, 3.05) is 0 Å². The molecule has 0 saturated carbocycles. The summed E-state index contributed by atoms with van der Waals surface area (Å²) in [4.78, 5) is 12.2. The third-order valence-electron chi connectivity index (χ3n) is 3.84. The number of ether oxygens (including phenoxy) is 1. The lowest BCUT2D eigenvalue weighted by Crippen LogP contribution is -2.36. The molecule has 0 spiro atoms. The van der Waals surface area contributed by atoms with Crippen LogP contribution in [0.3, 0.4) is 0 Å². The molecule has 128 valence electrons. The van der Waals surface area contributed by atoms with Crippen molar-refractivity contribution in [3.8, 4) is 5.75 Å². The lowest BCUT2D eigenvalue weighted by molar-refractivity contribution is -0.127. The fourth-order valence-electron chi connectivity index (χ4n) is 2.40. The zero-order valence-corrected chi connectivity index (χ0v) is 14.6. The molecular formula is C20H24FNO2. The lowest BCUT2D eigenvalue weighted by atomic mass is 10.0. The number of halogens is 1. The molecule has 1 amide bonds. The van der Waals surface area contributed by atoms with E-state index in [0.717, 1.165) is 22.4 Å². The van der Waals surface area contributed by atoms with Crippen molar-refractivity contribution in [3.63, 3.8) is 0 Å². The molecule has 2 rings (SSSR count). The van der Waals surface area contributed by atoms with Crippen LogP contribution < -0.4 is 10.1 Å². The summed E-state index contributed by atoms with van der Waals surface area (Å²) in [7, 11) is 0. The molecule has 1 N–H and O–H groups in total. The van der Waals surface area contributed by atoms with Crippen molar-refractivity contribution < 1.29 is 13.9 Å². The minimum atomic E-state index is -0.607. The molecule has 2 aromatic carbocycles. The Bertz CT molecular complexity index is 695. The molecule has 1 unspecified atom stereocenters. The Labute approximate surface area is 142 Å². The first-order valence-electron chi connectivity index (χ1n) is 8.16. The Morgan fingerprint density at radius 1 is 1.12 bits per heavy atom. The summed E-state index contributed by atoms with van der Waals surface area (Å²) in [6.45, 7) is 8.26. The van der Waals surface area contributed by atoms with Crippen LogP contribution in [-0.2, 0) is 11.3 Å². The van der Waals surface area contributed by atoms with Gasteiger partial charge in [-0.3, -0.25) is 4.79 Å². The molecule has 1 atom stereocenters. The first-order chi connectivity index (χ1) is 11.4. The van der Waals surface area contributed by atoms with E-state index < -0.39 is 6.10 Å². The Kier molecular flexibility index (Phi) is 5.96. The van der Waals surface area contributed by atoms with Gasteiger partial charge in [0.2, 0.25) is 0 Å². The highest BCUT2D eigenvalue weighted by Crippen LogP contribution is 2.28. The first kappa shape index (κ1) is 18.0. The van der Waals surface area contributed by atoms with Crippen molar-refractivity contribution in [3.05, 3.63) is 65.0 Å². The van der Waals surface area contributed by atoms with Gasteiger partial charge in [-0.2, -0.15) is 0 Å². The zero-order valence-electron chi connectivity index (χ0n) is 14.6. The topological polar surface area (TPSA) is 38.3 Å². The molecule has 3 nitrogen and oxygen atoms in total. The Morgan fingerprint density at radius 3 is 2.42 bits per heavy atom. The number of amides is 1. The maximum atomic E-state index is 12.9. The minimum Gasteiger partial charge on any atom is -0.481 e. The van der Waals surface area contributed by atoms with E-state index in [1.54, 1.807) is 19.1 Å². The normalized spacial score (nSPS) is 12.1. The molecule has 24 heavy (non-hydrogen) atoms. The highest BCUT2D eigenvalue weighted by Gasteiger charge is 2.17. The van der Waals surface area contributed by atoms with Crippen molar-refractivity contribution >= 4 is 5.91 Å². The van der Waals surface area contributed by atoms with Crippen LogP contribution in [0, 0.1) is 12.7 Å². The molecule has 0 bridgehead atoms. The van der Waals surface area contributed by atoms with E-state index in [9.17, 15) is 9.18 Å². The summed E-state index contributed by atoms with van der Waals surface area (Å²) in [6, 6.07) is 12.1. The second kappa shape index (κ2) is 7.95. The van der Waals surface area contributed by atoms with Crippen molar-refractivity contribution in [1.29, 1.82) is 0 Å². The largest absolute Gasteiger partial charge is 0.481 e. The summed E-state index contributed by atoms with van der Waals surface area (Å²) >= 11 is 0. The van der Waals surface area contributed by atoms with Gasteiger partial charge in [0, 0.05) is 6.54 Å². The number of nitrogens with one attached hydrogen (secondary N) is 1. The summed E-state index contributed by atoms with van der Waals surface area (Å²) < 4.78 is 18.8. The molecule has 0 aromatic heterocycles. The number of aryl methyl sites for hydroxylation is 1. The minimum absolute atomic E-state index is 0.199. The van der Waals surface area contributed by atoms with Crippen LogP contribution in [0.4, 0.5) is 4.39 Å². The van der Waals surface area contributed by atoms with Gasteiger partial charge in [0.15, 0.2) is 6.10 Å². The summed E-state index contributed by atoms with van der Waals surface area (Å²) in [5.74, 6) is 0.572. The number of rotatable bonds is 6. The average Bonchev–Trinajstić information content (AvgIpc) is 2.53. The molecule has 0 aliphatic rings. The fraction of sp³-hybridized carbons (Fsp3) is 0.350. The number of carbonyl (C=O) groups excluding carboxylic acids is 1. The molecule has 0 fully saturated rings. The van der Waals surface area contributed by atoms with E-state index in [-0.39, 0.29) is 11.7 Å². The van der Waals surface area contributed by atoms with Crippen molar-refractivity contribution in [2.24, 2.45) is 0 Å². The number of hydrogen-bond acceptors (Lipinski definition) is 2. The van der Waals surface area contributed by atoms with Gasteiger partial charge in [0.1, 0.15) is 11.6 Å². The summed E-state index contributed by atoms with van der Waals surface area (Å²) in [5, 5.41) is 2.82. The number of hydrogen-bond donors (Lipinski definition) is 1. The van der Waals surface area contributed by atoms with Crippen LogP contribution >= 0.6 is 0 Å². The molecule has 0 saturated heterocycles. The molecule has 0 radical (unpaired) electrons. The monoisotopic (exact) mass is 329 g/mol. The van der Waals surface area contributed by atoms with E-state index in [1.807, 2.05) is 25.1 Å². The molecule has 2 aromatic rings. The van der Waals surface area contributed by atoms with Gasteiger partial charge in [-0.1, -0.05) is 38.1 Å². The van der Waals surface area contributed by atoms with Crippen LogP contribution in [0.15, 0.2) is 42.5 Å². The highest BCUT2D eigenvalue weighted by molar-refractivity contribution is 5.80. The van der Waals surface area contributed by atoms with Gasteiger partial charge in [0.05, 0.1) is 0 Å². The standard InChI is InChI=1S/C20H24FNO2/c1-13(2)18-10-5-14(3)11-19(18)24-15(4)20(23)22-12-16-6-8-17(21)9-7-16/h5-11,13,15H,12H2,1-4H3,(H,22,23). The van der Waals surface area contributed by atoms with Gasteiger partial charge in [-0.25, -0.2) is 4.39 Å². The Balaban J connectivity index is 1.98. The third kappa shape index (κ3) is 4.82. The first-order valence-corrected chi connectivity index (χ1v) is 8.16. The van der Waals surface area contributed by atoms with Gasteiger partial charge >= 0.3 is 0 Å². The Hall–Kier alpha value is -2.36. The molecular weight excluding hydrogens is 305 g/mol. The Morgan fingerprint density at radius 2 is 1.79 bits per heavy atom. The molecule has 0 aliphatic carbocycles. The van der Waals surface area contributed by atoms with Gasteiger partial charge in [-0.05, 0) is 54.7 Å². The second-order valence-electron chi connectivity index (χ2n) is 6.30. The molecule has 0 aliphatic heterocycles. The van der Waals surface area contributed by atoms with Crippen LogP contribution in [0.5, 0.6) is 5.75 Å². The van der Waals surface area contributed by atoms with E-state index in [0.29, 0.717) is 12.5 Å². The van der Waals surface area contributed by atoms with Gasteiger partial charge < -0.3 is 10.1 Å². The van der Waals surface area contributed by atoms with E-state index in [2.05, 4.69) is 19.2 Å². The third-order valence-corrected chi connectivity index (χ3v) is 3.84. The number of carbonyl (C=O) groups is 1. The maximum Gasteiger partial charge on any atom is 0.261 e. The van der Waals surface area contributed by atoms with Crippen LogP contribution in [0.1, 0.15) is 43.4 Å². The summed E-state index contributed by atoms with van der Waals surface area (Å²) in [5.41, 5.74) is 3.02. The fourth-order valence-corrected chi connectivity index (χ4v) is 2.40. The van der Waals surface area contributed by atoms with Gasteiger partial charge in [0.25, 0.3) is 5.91 Å². The van der Waals surface area contributed by atoms with Crippen molar-refractivity contribution in [2.45, 2.75) is 46.3 Å². The smallest absolute Gasteiger partial charge is 0.261 e. The predicted molar refractivity (Wildman–Crippen MR) is 93.6 cm³/mol. The quantitative estimate of drug-likeness (QED) is 0.856. The van der Waals surface area contributed by atoms with Gasteiger partial charge in [-0.15, -0.1) is 0 Å². The summed E-state index contributed by atoms with van der Waals surface area (Å²) in [6.07, 6.45) is -0.607. The lowest BCUT2D eigenvalue weighted by Gasteiger charge is -2.19. The highest BCUT2D eigenvalue weighted by atomic mass is 19.1. The van der Waals surface area contributed by atoms with E-state index in [4.69, 9.17) is 4.74 Å². The van der Waals surface area contributed by atoms with Crippen LogP contribution in [-0.4, -0.2) is 12.0 Å². The maximum absolute atomic E-state index is 12.9.